The summed E-state index contributed by atoms with van der Waals surface area (Å²) in [4.78, 5) is 5.55. The number of fused-ring (bicyclic) bond motifs is 1. The van der Waals surface area contributed by atoms with Crippen LogP contribution in [0.4, 0.5) is 23.2 Å². The lowest BCUT2D eigenvalue weighted by molar-refractivity contribution is -0.136. The Kier molecular flexibility index (Phi) is 5.19. The van der Waals surface area contributed by atoms with Crippen LogP contribution in [0.1, 0.15) is 11.1 Å². The zero-order valence-corrected chi connectivity index (χ0v) is 16.4. The maximum Gasteiger partial charge on any atom is 0.418 e. The fourth-order valence-electron chi connectivity index (χ4n) is 3.54. The minimum Gasteiger partial charge on any atom is -0.329 e. The Morgan fingerprint density at radius 1 is 0.935 bits per heavy atom. The number of hydrogen-bond acceptors (Lipinski definition) is 2. The van der Waals surface area contributed by atoms with Gasteiger partial charge >= 0.3 is 6.18 Å². The van der Waals surface area contributed by atoms with Crippen LogP contribution in [-0.4, -0.2) is 17.9 Å². The molecule has 0 saturated heterocycles. The van der Waals surface area contributed by atoms with Gasteiger partial charge in [0.2, 0.25) is 0 Å². The van der Waals surface area contributed by atoms with E-state index in [0.29, 0.717) is 22.4 Å². The molecule has 1 N–H and O–H groups in total. The van der Waals surface area contributed by atoms with E-state index in [-0.39, 0.29) is 16.7 Å². The highest BCUT2D eigenvalue weighted by molar-refractivity contribution is 6.15. The Morgan fingerprint density at radius 2 is 1.65 bits per heavy atom. The van der Waals surface area contributed by atoms with Crippen molar-refractivity contribution in [3.63, 3.8) is 0 Å². The SMILES string of the molecule is CN(C(=N)c1cnc2c(C(F)(F)F)cccc2c1-c1ccccc1)c1cccc(F)c1. The number of nitrogens with zero attached hydrogens (tertiary/aromatic N) is 2. The lowest BCUT2D eigenvalue weighted by atomic mass is 9.94. The molecule has 1 aromatic heterocycles. The smallest absolute Gasteiger partial charge is 0.329 e. The summed E-state index contributed by atoms with van der Waals surface area (Å²) < 4.78 is 54.4. The number of alkyl halides is 3. The van der Waals surface area contributed by atoms with Crippen LogP contribution in [-0.2, 0) is 6.18 Å². The summed E-state index contributed by atoms with van der Waals surface area (Å²) in [5, 5.41) is 9.01. The highest BCUT2D eigenvalue weighted by Gasteiger charge is 2.34. The number of rotatable bonds is 3. The van der Waals surface area contributed by atoms with Crippen LogP contribution in [0.25, 0.3) is 22.0 Å². The molecule has 3 nitrogen and oxygen atoms in total. The van der Waals surface area contributed by atoms with Crippen LogP contribution in [0, 0.1) is 11.2 Å². The van der Waals surface area contributed by atoms with Gasteiger partial charge in [-0.1, -0.05) is 48.5 Å². The second-order valence-electron chi connectivity index (χ2n) is 7.00. The first-order valence-electron chi connectivity index (χ1n) is 9.40. The van der Waals surface area contributed by atoms with E-state index in [4.69, 9.17) is 5.41 Å². The minimum absolute atomic E-state index is 0.0173. The number of pyridine rings is 1. The lowest BCUT2D eigenvalue weighted by Gasteiger charge is -2.23. The third-order valence-electron chi connectivity index (χ3n) is 5.05. The van der Waals surface area contributed by atoms with Gasteiger partial charge in [0, 0.05) is 35.4 Å². The molecule has 0 spiro atoms. The number of benzene rings is 3. The molecule has 3 aromatic carbocycles. The third kappa shape index (κ3) is 3.86. The molecular weight excluding hydrogens is 406 g/mol. The van der Waals surface area contributed by atoms with Gasteiger partial charge in [-0.3, -0.25) is 10.4 Å². The Balaban J connectivity index is 1.96. The molecule has 0 saturated carbocycles. The van der Waals surface area contributed by atoms with E-state index >= 15 is 0 Å². The third-order valence-corrected chi connectivity index (χ3v) is 5.05. The molecule has 0 aliphatic rings. The van der Waals surface area contributed by atoms with Gasteiger partial charge < -0.3 is 4.90 Å². The first-order chi connectivity index (χ1) is 14.8. The Labute approximate surface area is 176 Å². The molecule has 0 radical (unpaired) electrons. The van der Waals surface area contributed by atoms with Crippen LogP contribution in [0.5, 0.6) is 0 Å². The lowest BCUT2D eigenvalue weighted by Crippen LogP contribution is -2.27. The van der Waals surface area contributed by atoms with Crippen molar-refractivity contribution in [3.8, 4) is 11.1 Å². The summed E-state index contributed by atoms with van der Waals surface area (Å²) in [6, 6.07) is 18.6. The maximum atomic E-state index is 13.7. The number of halogens is 4. The maximum absolute atomic E-state index is 13.7. The van der Waals surface area contributed by atoms with Crippen LogP contribution in [0.15, 0.2) is 79.0 Å². The van der Waals surface area contributed by atoms with Crippen LogP contribution >= 0.6 is 0 Å². The first kappa shape index (κ1) is 20.5. The number of amidine groups is 1. The molecule has 156 valence electrons. The highest BCUT2D eigenvalue weighted by Crippen LogP contribution is 2.38. The Bertz CT molecular complexity index is 1270. The molecule has 0 amide bonds. The van der Waals surface area contributed by atoms with Crippen molar-refractivity contribution < 1.29 is 17.6 Å². The molecule has 0 aliphatic heterocycles. The van der Waals surface area contributed by atoms with E-state index in [1.54, 1.807) is 49.5 Å². The van der Waals surface area contributed by atoms with E-state index in [1.807, 2.05) is 0 Å². The van der Waals surface area contributed by atoms with Gasteiger partial charge in [-0.15, -0.1) is 0 Å². The summed E-state index contributed by atoms with van der Waals surface area (Å²) in [5.41, 5.74) is 0.877. The van der Waals surface area contributed by atoms with Gasteiger partial charge in [0.05, 0.1) is 11.1 Å². The van der Waals surface area contributed by atoms with Crippen molar-refractivity contribution in [1.29, 1.82) is 5.41 Å². The number of nitrogens with one attached hydrogen (secondary N) is 1. The summed E-state index contributed by atoms with van der Waals surface area (Å²) in [6.45, 7) is 0. The predicted octanol–water partition coefficient (Wildman–Crippen LogP) is 6.52. The number of para-hydroxylation sites is 1. The van der Waals surface area contributed by atoms with E-state index in [1.165, 1.54) is 35.4 Å². The van der Waals surface area contributed by atoms with Crippen LogP contribution in [0.3, 0.4) is 0 Å². The molecule has 7 heteroatoms. The molecule has 0 bridgehead atoms. The molecule has 0 unspecified atom stereocenters. The quantitative estimate of drug-likeness (QED) is 0.231. The van der Waals surface area contributed by atoms with Gasteiger partial charge in [0.1, 0.15) is 11.7 Å². The van der Waals surface area contributed by atoms with Crippen molar-refractivity contribution in [2.75, 3.05) is 11.9 Å². The van der Waals surface area contributed by atoms with E-state index in [9.17, 15) is 17.6 Å². The summed E-state index contributed by atoms with van der Waals surface area (Å²) in [5.74, 6) is -0.469. The fraction of sp³-hybridized carbons (Fsp3) is 0.0833. The van der Waals surface area contributed by atoms with Gasteiger partial charge in [-0.25, -0.2) is 4.39 Å². The number of anilines is 1. The van der Waals surface area contributed by atoms with E-state index in [0.717, 1.165) is 6.07 Å². The van der Waals surface area contributed by atoms with Gasteiger partial charge in [-0.05, 0) is 29.8 Å². The Hall–Kier alpha value is -3.74. The van der Waals surface area contributed by atoms with Crippen molar-refractivity contribution in [1.82, 2.24) is 4.98 Å². The fourth-order valence-corrected chi connectivity index (χ4v) is 3.54. The van der Waals surface area contributed by atoms with Gasteiger partial charge in [0.25, 0.3) is 0 Å². The van der Waals surface area contributed by atoms with Crippen molar-refractivity contribution >= 4 is 22.4 Å². The van der Waals surface area contributed by atoms with Gasteiger partial charge in [-0.2, -0.15) is 13.2 Å². The first-order valence-corrected chi connectivity index (χ1v) is 9.40. The monoisotopic (exact) mass is 423 g/mol. The largest absolute Gasteiger partial charge is 0.418 e. The average molecular weight is 423 g/mol. The summed E-state index contributed by atoms with van der Waals surface area (Å²) >= 11 is 0. The summed E-state index contributed by atoms with van der Waals surface area (Å²) in [6.07, 6.45) is -3.29. The van der Waals surface area contributed by atoms with Crippen molar-refractivity contribution in [2.45, 2.75) is 6.18 Å². The molecular formula is C24H17F4N3. The molecule has 0 fully saturated rings. The standard InChI is InChI=1S/C24H17F4N3/c1-31(17-10-5-9-16(25)13-17)23(29)19-14-30-22-18(11-6-12-20(22)24(26,27)28)21(19)15-7-3-2-4-8-15/h2-14,29H,1H3. The minimum atomic E-state index is -4.56. The molecule has 0 aliphatic carbocycles. The number of hydrogen-bond donors (Lipinski definition) is 1. The van der Waals surface area contributed by atoms with Crippen LogP contribution < -0.4 is 4.90 Å². The van der Waals surface area contributed by atoms with E-state index < -0.39 is 17.6 Å². The molecule has 31 heavy (non-hydrogen) atoms. The second kappa shape index (κ2) is 7.83. The molecule has 1 heterocycles. The predicted molar refractivity (Wildman–Crippen MR) is 114 cm³/mol. The zero-order chi connectivity index (χ0) is 22.2. The Morgan fingerprint density at radius 3 is 2.32 bits per heavy atom. The summed E-state index contributed by atoms with van der Waals surface area (Å²) in [7, 11) is 1.60. The van der Waals surface area contributed by atoms with Crippen LogP contribution in [0.2, 0.25) is 0 Å². The topological polar surface area (TPSA) is 40.0 Å². The normalized spacial score (nSPS) is 11.5. The number of aromatic nitrogens is 1. The molecule has 4 rings (SSSR count). The molecule has 4 aromatic rings. The second-order valence-corrected chi connectivity index (χ2v) is 7.00. The zero-order valence-electron chi connectivity index (χ0n) is 16.4. The average Bonchev–Trinajstić information content (AvgIpc) is 2.76. The van der Waals surface area contributed by atoms with E-state index in [2.05, 4.69) is 4.98 Å². The highest BCUT2D eigenvalue weighted by atomic mass is 19.4. The van der Waals surface area contributed by atoms with Crippen molar-refractivity contribution in [3.05, 3.63) is 95.9 Å². The van der Waals surface area contributed by atoms with Gasteiger partial charge in [0.15, 0.2) is 0 Å². The van der Waals surface area contributed by atoms with Crippen molar-refractivity contribution in [2.24, 2.45) is 0 Å². The molecule has 0 atom stereocenters.